The summed E-state index contributed by atoms with van der Waals surface area (Å²) in [5.74, 6) is -5.20. The molecule has 0 radical (unpaired) electrons. The summed E-state index contributed by atoms with van der Waals surface area (Å²) in [6.45, 7) is 2.49. The number of carbonyl (C=O) groups is 1. The predicted octanol–water partition coefficient (Wildman–Crippen LogP) is 5.61. The maximum atomic E-state index is 14.5. The van der Waals surface area contributed by atoms with Crippen LogP contribution in [0.2, 0.25) is 0 Å². The molecule has 1 aliphatic heterocycles. The molecule has 11 heteroatoms. The van der Waals surface area contributed by atoms with Crippen molar-refractivity contribution >= 4 is 5.91 Å². The van der Waals surface area contributed by atoms with Crippen molar-refractivity contribution in [3.63, 3.8) is 0 Å². The van der Waals surface area contributed by atoms with Crippen molar-refractivity contribution in [3.8, 4) is 12.3 Å². The van der Waals surface area contributed by atoms with Crippen molar-refractivity contribution in [1.82, 2.24) is 9.80 Å². The summed E-state index contributed by atoms with van der Waals surface area (Å²) < 4.78 is 106. The summed E-state index contributed by atoms with van der Waals surface area (Å²) in [7, 11) is 0. The van der Waals surface area contributed by atoms with Gasteiger partial charge in [0.05, 0.1) is 11.5 Å². The van der Waals surface area contributed by atoms with Crippen LogP contribution in [0.25, 0.3) is 0 Å². The van der Waals surface area contributed by atoms with Crippen molar-refractivity contribution in [3.05, 3.63) is 58.3 Å². The van der Waals surface area contributed by atoms with Gasteiger partial charge < -0.3 is 9.80 Å². The number of nitrogens with zero attached hydrogens (tertiary/aromatic N) is 2. The average Bonchev–Trinajstić information content (AvgIpc) is 3.36. The Morgan fingerprint density at radius 1 is 1.00 bits per heavy atom. The van der Waals surface area contributed by atoms with Crippen molar-refractivity contribution in [2.75, 3.05) is 26.2 Å². The van der Waals surface area contributed by atoms with E-state index in [4.69, 9.17) is 6.42 Å². The third kappa shape index (κ3) is 5.46. The van der Waals surface area contributed by atoms with Crippen molar-refractivity contribution in [2.45, 2.75) is 38.0 Å². The minimum Gasteiger partial charge on any atom is -0.367 e. The first-order valence-electron chi connectivity index (χ1n) is 10.6. The fraction of sp³-hybridized carbons (Fsp3) is 0.458. The molecular weight excluding hydrogens is 484 g/mol. The van der Waals surface area contributed by atoms with E-state index in [1.165, 1.54) is 11.8 Å². The van der Waals surface area contributed by atoms with Crippen LogP contribution in [0, 0.1) is 18.3 Å². The van der Waals surface area contributed by atoms with Crippen LogP contribution in [0.15, 0.2) is 47.2 Å². The van der Waals surface area contributed by atoms with Gasteiger partial charge in [-0.25, -0.2) is 8.78 Å². The van der Waals surface area contributed by atoms with Crippen LogP contribution in [0.5, 0.6) is 0 Å². The van der Waals surface area contributed by atoms with E-state index in [-0.39, 0.29) is 43.0 Å². The van der Waals surface area contributed by atoms with Gasteiger partial charge in [0, 0.05) is 43.0 Å². The predicted molar refractivity (Wildman–Crippen MR) is 112 cm³/mol. The van der Waals surface area contributed by atoms with Crippen LogP contribution in [-0.4, -0.2) is 54.0 Å². The van der Waals surface area contributed by atoms with Crippen LogP contribution in [-0.2, 0) is 11.0 Å². The molecule has 0 aromatic heterocycles. The highest BCUT2D eigenvalue weighted by atomic mass is 19.4. The molecule has 35 heavy (non-hydrogen) atoms. The molecule has 2 atom stereocenters. The van der Waals surface area contributed by atoms with Gasteiger partial charge in [-0.15, -0.1) is 6.42 Å². The van der Waals surface area contributed by atoms with E-state index in [1.54, 1.807) is 4.90 Å². The SMILES string of the molecule is C#C/C(C)=C(\C=C(/C)C(F)(F)F)N1CCN(C(=O)[C@@H]2[C@H](c3ccc(C(F)(F)F)cc3)C2(F)F)CC1. The molecule has 1 aliphatic carbocycles. The van der Waals surface area contributed by atoms with Crippen molar-refractivity contribution in [2.24, 2.45) is 5.92 Å². The Labute approximate surface area is 197 Å². The summed E-state index contributed by atoms with van der Waals surface area (Å²) in [5, 5.41) is 0. The van der Waals surface area contributed by atoms with Gasteiger partial charge in [-0.1, -0.05) is 18.1 Å². The van der Waals surface area contributed by atoms with Crippen LogP contribution >= 0.6 is 0 Å². The molecule has 1 heterocycles. The third-order valence-corrected chi connectivity index (χ3v) is 6.25. The Kier molecular flexibility index (Phi) is 6.99. The van der Waals surface area contributed by atoms with Crippen LogP contribution in [0.4, 0.5) is 35.1 Å². The van der Waals surface area contributed by atoms with E-state index < -0.39 is 47.2 Å². The number of allylic oxidation sites excluding steroid dienone is 3. The van der Waals surface area contributed by atoms with E-state index in [9.17, 15) is 39.9 Å². The minimum absolute atomic E-state index is 0.0224. The number of amides is 1. The van der Waals surface area contributed by atoms with Gasteiger partial charge >= 0.3 is 12.4 Å². The van der Waals surface area contributed by atoms with Gasteiger partial charge in [0.1, 0.15) is 5.92 Å². The van der Waals surface area contributed by atoms with E-state index in [0.29, 0.717) is 12.1 Å². The first kappa shape index (κ1) is 26.6. The molecule has 190 valence electrons. The number of carbonyl (C=O) groups excluding carboxylic acids is 1. The number of piperazine rings is 1. The van der Waals surface area contributed by atoms with Crippen molar-refractivity contribution in [1.29, 1.82) is 0 Å². The summed E-state index contributed by atoms with van der Waals surface area (Å²) in [4.78, 5) is 15.6. The zero-order valence-corrected chi connectivity index (χ0v) is 18.8. The maximum Gasteiger partial charge on any atom is 0.416 e. The Morgan fingerprint density at radius 3 is 1.97 bits per heavy atom. The largest absolute Gasteiger partial charge is 0.416 e. The molecule has 3 nitrogen and oxygen atoms in total. The fourth-order valence-corrected chi connectivity index (χ4v) is 4.09. The topological polar surface area (TPSA) is 23.6 Å². The number of hydrogen-bond acceptors (Lipinski definition) is 2. The van der Waals surface area contributed by atoms with E-state index in [0.717, 1.165) is 25.1 Å². The van der Waals surface area contributed by atoms with E-state index >= 15 is 0 Å². The number of benzene rings is 1. The molecule has 2 fully saturated rings. The molecule has 1 aromatic rings. The van der Waals surface area contributed by atoms with Gasteiger partial charge in [0.15, 0.2) is 0 Å². The number of alkyl halides is 8. The average molecular weight is 506 g/mol. The van der Waals surface area contributed by atoms with Gasteiger partial charge in [-0.3, -0.25) is 4.79 Å². The molecule has 1 aromatic carbocycles. The van der Waals surface area contributed by atoms with Gasteiger partial charge in [0.25, 0.3) is 5.92 Å². The van der Waals surface area contributed by atoms with Gasteiger partial charge in [0.2, 0.25) is 5.91 Å². The zero-order valence-electron chi connectivity index (χ0n) is 18.8. The lowest BCUT2D eigenvalue weighted by molar-refractivity contribution is -0.138. The maximum absolute atomic E-state index is 14.5. The number of hydrogen-bond donors (Lipinski definition) is 0. The monoisotopic (exact) mass is 506 g/mol. The molecule has 2 aliphatic rings. The quantitative estimate of drug-likeness (QED) is 0.301. The minimum atomic E-state index is -4.61. The van der Waals surface area contributed by atoms with E-state index in [1.807, 2.05) is 0 Å². The highest BCUT2D eigenvalue weighted by molar-refractivity contribution is 5.85. The van der Waals surface area contributed by atoms with Crippen molar-refractivity contribution < 1.29 is 39.9 Å². The highest BCUT2D eigenvalue weighted by Crippen LogP contribution is 2.62. The molecule has 0 unspecified atom stereocenters. The second-order valence-electron chi connectivity index (χ2n) is 8.54. The van der Waals surface area contributed by atoms with Crippen LogP contribution in [0.1, 0.15) is 30.9 Å². The zero-order chi connectivity index (χ0) is 26.3. The van der Waals surface area contributed by atoms with Crippen LogP contribution in [0.3, 0.4) is 0 Å². The first-order chi connectivity index (χ1) is 16.1. The molecule has 1 saturated heterocycles. The summed E-state index contributed by atoms with van der Waals surface area (Å²) in [6.07, 6.45) is -2.88. The van der Waals surface area contributed by atoms with Gasteiger partial charge in [-0.05, 0) is 37.6 Å². The molecule has 1 saturated carbocycles. The molecule has 0 spiro atoms. The summed E-state index contributed by atoms with van der Waals surface area (Å²) >= 11 is 0. The Balaban J connectivity index is 1.71. The Bertz CT molecular complexity index is 1070. The normalized spacial score (nSPS) is 23.5. The lowest BCUT2D eigenvalue weighted by Gasteiger charge is -2.37. The fourth-order valence-electron chi connectivity index (χ4n) is 4.09. The first-order valence-corrected chi connectivity index (χ1v) is 10.6. The smallest absolute Gasteiger partial charge is 0.367 e. The molecule has 0 N–H and O–H groups in total. The number of halogens is 8. The highest BCUT2D eigenvalue weighted by Gasteiger charge is 2.73. The molecular formula is C24H22F8N2O. The molecule has 1 amide bonds. The third-order valence-electron chi connectivity index (χ3n) is 6.25. The molecule has 3 rings (SSSR count). The van der Waals surface area contributed by atoms with Crippen LogP contribution < -0.4 is 0 Å². The van der Waals surface area contributed by atoms with Gasteiger partial charge in [-0.2, -0.15) is 26.3 Å². The summed E-state index contributed by atoms with van der Waals surface area (Å²) in [6, 6.07) is 3.29. The Morgan fingerprint density at radius 2 is 1.51 bits per heavy atom. The van der Waals surface area contributed by atoms with E-state index in [2.05, 4.69) is 5.92 Å². The molecule has 0 bridgehead atoms. The second-order valence-corrected chi connectivity index (χ2v) is 8.54. The Hall–Kier alpha value is -3.03. The lowest BCUT2D eigenvalue weighted by atomic mass is 10.1. The lowest BCUT2D eigenvalue weighted by Crippen LogP contribution is -2.49. The number of rotatable bonds is 4. The standard InChI is InChI=1S/C24H22F8N2O/c1-4-14(2)18(13-15(3)23(27,28)29)33-9-11-34(12-10-33)21(35)20-19(22(20,25)26)16-5-7-17(8-6-16)24(30,31)32/h1,5-8,13,19-20H,9-12H2,2-3H3/b15-13+,18-14+/t19-,20-/m0/s1. The number of terminal acetylenes is 1. The summed E-state index contributed by atoms with van der Waals surface area (Å²) in [5.41, 5.74) is -1.50. The second kappa shape index (κ2) is 9.21.